The van der Waals surface area contributed by atoms with Crippen molar-refractivity contribution in [1.82, 2.24) is 4.98 Å². The van der Waals surface area contributed by atoms with Crippen LogP contribution in [0.5, 0.6) is 0 Å². The Labute approximate surface area is 129 Å². The molecular weight excluding hydrogens is 310 g/mol. The third kappa shape index (κ3) is 3.04. The number of thioether (sulfide) groups is 1. The van der Waals surface area contributed by atoms with Crippen molar-refractivity contribution in [1.29, 1.82) is 0 Å². The molecule has 0 bridgehead atoms. The predicted molar refractivity (Wildman–Crippen MR) is 82.0 cm³/mol. The summed E-state index contributed by atoms with van der Waals surface area (Å²) < 4.78 is 5.23. The number of hydrogen-bond donors (Lipinski definition) is 1. The Balaban J connectivity index is 1.81. The van der Waals surface area contributed by atoms with Gasteiger partial charge in [0.2, 0.25) is 5.76 Å². The fourth-order valence-electron chi connectivity index (χ4n) is 1.92. The second-order valence-electron chi connectivity index (χ2n) is 4.37. The van der Waals surface area contributed by atoms with E-state index in [1.165, 1.54) is 17.8 Å². The van der Waals surface area contributed by atoms with Crippen molar-refractivity contribution in [3.8, 4) is 0 Å². The average molecular weight is 320 g/mol. The number of hydrogen-bond acceptors (Lipinski definition) is 4. The Morgan fingerprint density at radius 3 is 2.95 bits per heavy atom. The molecule has 0 fully saturated rings. The van der Waals surface area contributed by atoms with E-state index in [-0.39, 0.29) is 5.76 Å². The number of furan rings is 1. The second kappa shape index (κ2) is 5.79. The molecule has 1 aromatic carbocycles. The molecule has 3 aromatic rings. The van der Waals surface area contributed by atoms with Gasteiger partial charge < -0.3 is 9.52 Å². The van der Waals surface area contributed by atoms with Crippen LogP contribution in [0, 0.1) is 0 Å². The SMILES string of the molecule is O=C(O)c1cc2cc(CSc3ncccc3Cl)ccc2o1. The van der Waals surface area contributed by atoms with Crippen LogP contribution in [-0.4, -0.2) is 16.1 Å². The second-order valence-corrected chi connectivity index (χ2v) is 5.74. The van der Waals surface area contributed by atoms with Crippen LogP contribution in [0.1, 0.15) is 16.1 Å². The summed E-state index contributed by atoms with van der Waals surface area (Å²) in [5, 5.41) is 11.1. The molecule has 0 aliphatic heterocycles. The minimum Gasteiger partial charge on any atom is -0.475 e. The van der Waals surface area contributed by atoms with E-state index in [0.29, 0.717) is 16.4 Å². The summed E-state index contributed by atoms with van der Waals surface area (Å²) in [6.07, 6.45) is 1.70. The molecule has 0 spiro atoms. The number of aromatic carboxylic acids is 1. The van der Waals surface area contributed by atoms with E-state index in [2.05, 4.69) is 4.98 Å². The zero-order chi connectivity index (χ0) is 14.8. The highest BCUT2D eigenvalue weighted by Gasteiger charge is 2.11. The highest BCUT2D eigenvalue weighted by atomic mass is 35.5. The lowest BCUT2D eigenvalue weighted by Crippen LogP contribution is -1.91. The zero-order valence-electron chi connectivity index (χ0n) is 10.7. The van der Waals surface area contributed by atoms with Gasteiger partial charge in [-0.25, -0.2) is 9.78 Å². The Hall–Kier alpha value is -1.98. The molecule has 0 unspecified atom stereocenters. The fraction of sp³-hybridized carbons (Fsp3) is 0.0667. The number of rotatable bonds is 4. The van der Waals surface area contributed by atoms with Crippen molar-refractivity contribution in [3.05, 3.63) is 58.9 Å². The molecule has 0 saturated heterocycles. The normalized spacial score (nSPS) is 10.9. The van der Waals surface area contributed by atoms with Crippen LogP contribution in [0.25, 0.3) is 11.0 Å². The summed E-state index contributed by atoms with van der Waals surface area (Å²) >= 11 is 7.59. The monoisotopic (exact) mass is 319 g/mol. The molecule has 0 atom stereocenters. The number of pyridine rings is 1. The molecule has 1 N–H and O–H groups in total. The van der Waals surface area contributed by atoms with E-state index in [9.17, 15) is 4.79 Å². The Morgan fingerprint density at radius 1 is 1.33 bits per heavy atom. The lowest BCUT2D eigenvalue weighted by atomic mass is 10.2. The first-order chi connectivity index (χ1) is 10.1. The summed E-state index contributed by atoms with van der Waals surface area (Å²) in [5.41, 5.74) is 1.61. The first-order valence-corrected chi connectivity index (χ1v) is 7.49. The van der Waals surface area contributed by atoms with Crippen LogP contribution in [-0.2, 0) is 5.75 Å². The number of carbonyl (C=O) groups is 1. The Bertz CT molecular complexity index is 816. The summed E-state index contributed by atoms with van der Waals surface area (Å²) in [6.45, 7) is 0. The van der Waals surface area contributed by atoms with Crippen LogP contribution >= 0.6 is 23.4 Å². The van der Waals surface area contributed by atoms with Gasteiger partial charge in [0.05, 0.1) is 5.02 Å². The van der Waals surface area contributed by atoms with Crippen LogP contribution in [0.15, 0.2) is 52.0 Å². The van der Waals surface area contributed by atoms with E-state index in [1.807, 2.05) is 12.1 Å². The molecule has 2 aromatic heterocycles. The zero-order valence-corrected chi connectivity index (χ0v) is 12.3. The van der Waals surface area contributed by atoms with Gasteiger partial charge in [0, 0.05) is 17.3 Å². The minimum absolute atomic E-state index is 0.0532. The standard InChI is InChI=1S/C15H10ClNO3S/c16-11-2-1-5-17-14(11)21-8-9-3-4-12-10(6-9)7-13(20-12)15(18)19/h1-7H,8H2,(H,18,19). The molecule has 3 rings (SSSR count). The van der Waals surface area contributed by atoms with E-state index >= 15 is 0 Å². The van der Waals surface area contributed by atoms with Crippen molar-refractivity contribution in [3.63, 3.8) is 0 Å². The smallest absolute Gasteiger partial charge is 0.371 e. The highest BCUT2D eigenvalue weighted by Crippen LogP contribution is 2.29. The summed E-state index contributed by atoms with van der Waals surface area (Å²) in [5.74, 6) is -0.426. The Morgan fingerprint density at radius 2 is 2.19 bits per heavy atom. The highest BCUT2D eigenvalue weighted by molar-refractivity contribution is 7.98. The van der Waals surface area contributed by atoms with Crippen LogP contribution in [0.3, 0.4) is 0 Å². The van der Waals surface area contributed by atoms with Crippen LogP contribution in [0.2, 0.25) is 5.02 Å². The molecule has 2 heterocycles. The summed E-state index contributed by atoms with van der Waals surface area (Å²) in [7, 11) is 0. The molecule has 21 heavy (non-hydrogen) atoms. The van der Waals surface area contributed by atoms with Gasteiger partial charge in [-0.1, -0.05) is 17.7 Å². The van der Waals surface area contributed by atoms with Gasteiger partial charge in [0.25, 0.3) is 0 Å². The lowest BCUT2D eigenvalue weighted by Gasteiger charge is -2.03. The number of halogens is 1. The van der Waals surface area contributed by atoms with Gasteiger partial charge in [-0.05, 0) is 35.9 Å². The Kier molecular flexibility index (Phi) is 3.86. The topological polar surface area (TPSA) is 63.3 Å². The molecule has 0 amide bonds. The summed E-state index contributed by atoms with van der Waals surface area (Å²) in [4.78, 5) is 15.1. The van der Waals surface area contributed by atoms with E-state index in [0.717, 1.165) is 16.0 Å². The van der Waals surface area contributed by atoms with Crippen LogP contribution < -0.4 is 0 Å². The average Bonchev–Trinajstić information content (AvgIpc) is 2.90. The third-order valence-corrected chi connectivity index (χ3v) is 4.39. The van der Waals surface area contributed by atoms with E-state index < -0.39 is 5.97 Å². The first-order valence-electron chi connectivity index (χ1n) is 6.12. The molecule has 106 valence electrons. The number of benzene rings is 1. The van der Waals surface area contributed by atoms with Crippen molar-refractivity contribution in [2.24, 2.45) is 0 Å². The molecule has 0 saturated carbocycles. The quantitative estimate of drug-likeness (QED) is 0.719. The van der Waals surface area contributed by atoms with Gasteiger partial charge in [-0.2, -0.15) is 0 Å². The molecule has 4 nitrogen and oxygen atoms in total. The molecule has 0 aliphatic rings. The van der Waals surface area contributed by atoms with E-state index in [4.69, 9.17) is 21.1 Å². The third-order valence-electron chi connectivity index (χ3n) is 2.89. The van der Waals surface area contributed by atoms with Crippen molar-refractivity contribution >= 4 is 40.3 Å². The fourth-order valence-corrected chi connectivity index (χ4v) is 3.03. The molecule has 0 aliphatic carbocycles. The minimum atomic E-state index is -1.07. The number of carboxylic acids is 1. The number of carboxylic acid groups (broad SMARTS) is 1. The maximum absolute atomic E-state index is 10.9. The van der Waals surface area contributed by atoms with Gasteiger partial charge in [-0.3, -0.25) is 0 Å². The predicted octanol–water partition coefficient (Wildman–Crippen LogP) is 4.47. The van der Waals surface area contributed by atoms with Crippen molar-refractivity contribution < 1.29 is 14.3 Å². The number of fused-ring (bicyclic) bond motifs is 1. The van der Waals surface area contributed by atoms with Crippen molar-refractivity contribution in [2.45, 2.75) is 10.8 Å². The van der Waals surface area contributed by atoms with Crippen molar-refractivity contribution in [2.75, 3.05) is 0 Å². The summed E-state index contributed by atoms with van der Waals surface area (Å²) in [6, 6.07) is 10.7. The molecule has 0 radical (unpaired) electrons. The molecule has 6 heteroatoms. The lowest BCUT2D eigenvalue weighted by molar-refractivity contribution is 0.0665. The van der Waals surface area contributed by atoms with Gasteiger partial charge in [-0.15, -0.1) is 11.8 Å². The maximum Gasteiger partial charge on any atom is 0.371 e. The van der Waals surface area contributed by atoms with Gasteiger partial charge >= 0.3 is 5.97 Å². The van der Waals surface area contributed by atoms with Gasteiger partial charge in [0.1, 0.15) is 10.6 Å². The largest absolute Gasteiger partial charge is 0.475 e. The van der Waals surface area contributed by atoms with Crippen LogP contribution in [0.4, 0.5) is 0 Å². The number of nitrogens with zero attached hydrogens (tertiary/aromatic N) is 1. The number of aromatic nitrogens is 1. The van der Waals surface area contributed by atoms with E-state index in [1.54, 1.807) is 24.4 Å². The first kappa shape index (κ1) is 14.0. The van der Waals surface area contributed by atoms with Gasteiger partial charge in [0.15, 0.2) is 0 Å². The maximum atomic E-state index is 10.9. The molecular formula is C15H10ClNO3S.